The number of nitrogens with zero attached hydrogens (tertiary/aromatic N) is 4. The van der Waals surface area contributed by atoms with Gasteiger partial charge in [0.15, 0.2) is 22.8 Å². The van der Waals surface area contributed by atoms with Crippen molar-refractivity contribution in [2.75, 3.05) is 47.5 Å². The van der Waals surface area contributed by atoms with Crippen molar-refractivity contribution >= 4 is 34.1 Å². The first-order valence-electron chi connectivity index (χ1n) is 13.6. The number of aliphatic imine (C=N–C) groups is 1. The first-order chi connectivity index (χ1) is 20.6. The summed E-state index contributed by atoms with van der Waals surface area (Å²) < 4.78 is 45.9. The average molecular weight is 647 g/mol. The Morgan fingerprint density at radius 2 is 1.52 bits per heavy atom. The number of ether oxygens (including phenoxy) is 3. The normalized spacial score (nSPS) is 14.6. The van der Waals surface area contributed by atoms with Crippen LogP contribution in [0.3, 0.4) is 0 Å². The molecule has 44 heavy (non-hydrogen) atoms. The number of guanidine groups is 1. The fourth-order valence-electron chi connectivity index (χ4n) is 5.23. The molecular weight excluding hydrogens is 608 g/mol. The predicted octanol–water partition coefficient (Wildman–Crippen LogP) is 2.83. The van der Waals surface area contributed by atoms with E-state index < -0.39 is 21.1 Å². The molecular formula is C30H39ClN6O6S. The Hall–Kier alpha value is -4.04. The molecule has 0 aliphatic carbocycles. The second-order valence-electron chi connectivity index (χ2n) is 10.0. The molecule has 4 N–H and O–H groups in total. The second-order valence-corrected chi connectivity index (χ2v) is 12.0. The zero-order chi connectivity index (χ0) is 31.1. The van der Waals surface area contributed by atoms with Crippen LogP contribution in [0.5, 0.6) is 17.2 Å². The van der Waals surface area contributed by atoms with Crippen LogP contribution in [0.4, 0.5) is 0 Å². The number of methoxy groups -OCH3 is 3. The van der Waals surface area contributed by atoms with Crippen LogP contribution in [0.2, 0.25) is 0 Å². The Balaban J connectivity index is 0.00000529. The summed E-state index contributed by atoms with van der Waals surface area (Å²) in [5.74, 6) is 0.743. The molecule has 0 bridgehead atoms. The Morgan fingerprint density at radius 3 is 2.05 bits per heavy atom. The zero-order valence-corrected chi connectivity index (χ0v) is 26.6. The Bertz CT molecular complexity index is 1580. The van der Waals surface area contributed by atoms with Crippen molar-refractivity contribution in [2.24, 2.45) is 16.5 Å². The minimum atomic E-state index is -3.92. The Morgan fingerprint density at radius 1 is 0.932 bits per heavy atom. The number of carbonyl (C=O) groups excluding carboxylic acids is 1. The van der Waals surface area contributed by atoms with Gasteiger partial charge in [-0.05, 0) is 42.0 Å². The molecule has 1 amide bonds. The van der Waals surface area contributed by atoms with E-state index in [0.29, 0.717) is 49.0 Å². The van der Waals surface area contributed by atoms with Gasteiger partial charge in [-0.25, -0.2) is 8.42 Å². The highest BCUT2D eigenvalue weighted by molar-refractivity contribution is 7.91. The van der Waals surface area contributed by atoms with Gasteiger partial charge in [-0.15, -0.1) is 12.4 Å². The van der Waals surface area contributed by atoms with Gasteiger partial charge in [0.1, 0.15) is 0 Å². The smallest absolute Gasteiger partial charge is 0.280 e. The highest BCUT2D eigenvalue weighted by atomic mass is 35.5. The molecule has 1 aliphatic rings. The van der Waals surface area contributed by atoms with Crippen LogP contribution < -0.4 is 25.7 Å². The summed E-state index contributed by atoms with van der Waals surface area (Å²) in [5, 5.41) is -1.02. The molecule has 4 rings (SSSR count). The number of hydrogen-bond donors (Lipinski definition) is 2. The fraction of sp³-hybridized carbons (Fsp3) is 0.333. The maximum Gasteiger partial charge on any atom is 0.280 e. The van der Waals surface area contributed by atoms with Crippen molar-refractivity contribution in [3.05, 3.63) is 84.2 Å². The average Bonchev–Trinajstić information content (AvgIpc) is 3.52. The molecule has 0 saturated carbocycles. The van der Waals surface area contributed by atoms with E-state index in [1.54, 1.807) is 56.5 Å². The van der Waals surface area contributed by atoms with E-state index in [1.807, 2.05) is 12.1 Å². The summed E-state index contributed by atoms with van der Waals surface area (Å²) in [6.07, 6.45) is 4.73. The third kappa shape index (κ3) is 7.53. The highest BCUT2D eigenvalue weighted by Gasteiger charge is 2.30. The number of benzene rings is 2. The molecule has 1 fully saturated rings. The summed E-state index contributed by atoms with van der Waals surface area (Å²) in [6.45, 7) is 7.51. The van der Waals surface area contributed by atoms with Crippen molar-refractivity contribution in [3.63, 3.8) is 0 Å². The van der Waals surface area contributed by atoms with Crippen molar-refractivity contribution < 1.29 is 27.4 Å². The van der Waals surface area contributed by atoms with Crippen molar-refractivity contribution in [3.8, 4) is 17.2 Å². The number of nitrogens with two attached hydrogens (primary N) is 2. The lowest BCUT2D eigenvalue weighted by atomic mass is 10.1. The van der Waals surface area contributed by atoms with Crippen molar-refractivity contribution in [1.82, 2.24) is 14.4 Å². The van der Waals surface area contributed by atoms with Gasteiger partial charge >= 0.3 is 0 Å². The van der Waals surface area contributed by atoms with Gasteiger partial charge in [0.25, 0.3) is 5.91 Å². The Labute approximate surface area is 264 Å². The number of amides is 1. The summed E-state index contributed by atoms with van der Waals surface area (Å²) in [6, 6.07) is 11.7. The van der Waals surface area contributed by atoms with E-state index >= 15 is 0 Å². The second kappa shape index (κ2) is 15.1. The molecule has 2 heterocycles. The Kier molecular flexibility index (Phi) is 11.8. The third-order valence-electron chi connectivity index (χ3n) is 7.32. The molecule has 1 saturated heterocycles. The number of hydrogen-bond acceptors (Lipinski definition) is 8. The lowest BCUT2D eigenvalue weighted by Crippen LogP contribution is -2.45. The molecule has 1 aromatic heterocycles. The number of halogens is 1. The molecule has 3 aromatic rings. The molecule has 0 radical (unpaired) electrons. The van der Waals surface area contributed by atoms with Crippen LogP contribution in [0.15, 0.2) is 77.4 Å². The standard InChI is InChI=1S/C30H38N6O6S.ClH/c1-5-26(36-12-6-7-13-36)43(38,39)25-11-9-21(29(37)33-30(31)32)18-23(25)20-35-16-14-34(15-17-35)19-22-8-10-24(40-2)28(42-4)27(22)41-3;/h5-13,18,26H,1,14-17,19-20H2,2-4H3,(H4,31,32,33,37);1H. The molecule has 2 aromatic carbocycles. The van der Waals surface area contributed by atoms with E-state index in [-0.39, 0.29) is 28.8 Å². The van der Waals surface area contributed by atoms with Gasteiger partial charge < -0.3 is 30.2 Å². The van der Waals surface area contributed by atoms with Crippen LogP contribution in [-0.2, 0) is 22.9 Å². The molecule has 1 unspecified atom stereocenters. The predicted molar refractivity (Wildman–Crippen MR) is 171 cm³/mol. The van der Waals surface area contributed by atoms with Gasteiger partial charge in [-0.1, -0.05) is 18.7 Å². The molecule has 238 valence electrons. The lowest BCUT2D eigenvalue weighted by molar-refractivity contribution is 0.100. The minimum absolute atomic E-state index is 0. The van der Waals surface area contributed by atoms with E-state index in [2.05, 4.69) is 21.4 Å². The number of carbonyl (C=O) groups is 1. The first-order valence-corrected chi connectivity index (χ1v) is 15.2. The van der Waals surface area contributed by atoms with Crippen LogP contribution in [0, 0.1) is 0 Å². The van der Waals surface area contributed by atoms with Crippen molar-refractivity contribution in [1.29, 1.82) is 0 Å². The van der Waals surface area contributed by atoms with Crippen LogP contribution >= 0.6 is 12.4 Å². The van der Waals surface area contributed by atoms with Gasteiger partial charge in [-0.3, -0.25) is 14.6 Å². The first kappa shape index (κ1) is 34.5. The maximum atomic E-state index is 13.9. The van der Waals surface area contributed by atoms with Gasteiger partial charge in [-0.2, -0.15) is 4.99 Å². The molecule has 1 atom stereocenters. The summed E-state index contributed by atoms with van der Waals surface area (Å²) in [4.78, 5) is 20.8. The SMILES string of the molecule is C=CC(n1cccc1)S(=O)(=O)c1ccc(C(=O)N=C(N)N)cc1CN1CCN(Cc2ccc(OC)c(OC)c2OC)CC1.Cl. The lowest BCUT2D eigenvalue weighted by Gasteiger charge is -2.35. The van der Waals surface area contributed by atoms with Gasteiger partial charge in [0.05, 0.1) is 26.2 Å². The highest BCUT2D eigenvalue weighted by Crippen LogP contribution is 2.40. The number of rotatable bonds is 12. The van der Waals surface area contributed by atoms with Crippen LogP contribution in [0.25, 0.3) is 0 Å². The monoisotopic (exact) mass is 646 g/mol. The van der Waals surface area contributed by atoms with Crippen LogP contribution in [0.1, 0.15) is 26.9 Å². The van der Waals surface area contributed by atoms with Gasteiger partial charge in [0.2, 0.25) is 15.6 Å². The van der Waals surface area contributed by atoms with E-state index in [1.165, 1.54) is 18.2 Å². The number of sulfone groups is 1. The molecule has 14 heteroatoms. The third-order valence-corrected chi connectivity index (χ3v) is 9.41. The summed E-state index contributed by atoms with van der Waals surface area (Å²) in [5.41, 5.74) is 12.5. The quantitative estimate of drug-likeness (QED) is 0.170. The van der Waals surface area contributed by atoms with Crippen molar-refractivity contribution in [2.45, 2.75) is 23.4 Å². The number of piperazine rings is 1. The molecule has 1 aliphatic heterocycles. The summed E-state index contributed by atoms with van der Waals surface area (Å²) in [7, 11) is 0.841. The number of aromatic nitrogens is 1. The molecule has 12 nitrogen and oxygen atoms in total. The maximum absolute atomic E-state index is 13.9. The van der Waals surface area contributed by atoms with E-state index in [9.17, 15) is 13.2 Å². The zero-order valence-electron chi connectivity index (χ0n) is 25.0. The molecule has 0 spiro atoms. The van der Waals surface area contributed by atoms with Crippen LogP contribution in [-0.4, -0.2) is 82.2 Å². The fourth-order valence-corrected chi connectivity index (χ4v) is 6.95. The largest absolute Gasteiger partial charge is 0.493 e. The summed E-state index contributed by atoms with van der Waals surface area (Å²) >= 11 is 0. The van der Waals surface area contributed by atoms with E-state index in [4.69, 9.17) is 25.7 Å². The minimum Gasteiger partial charge on any atom is -0.493 e. The van der Waals surface area contributed by atoms with Gasteiger partial charge in [0, 0.05) is 62.8 Å². The van der Waals surface area contributed by atoms with E-state index in [0.717, 1.165) is 18.7 Å². The topological polar surface area (TPSA) is 155 Å².